The number of benzene rings is 1. The van der Waals surface area contributed by atoms with Crippen LogP contribution in [0.2, 0.25) is 0 Å². The smallest absolute Gasteiger partial charge is 0.262 e. The number of rotatable bonds is 4. The normalized spacial score (nSPS) is 11.0. The number of hydrogen-bond acceptors (Lipinski definition) is 9. The van der Waals surface area contributed by atoms with Crippen molar-refractivity contribution in [3.05, 3.63) is 52.8 Å². The number of thiazole rings is 1. The van der Waals surface area contributed by atoms with Crippen LogP contribution in [0.1, 0.15) is 0 Å². The minimum atomic E-state index is -0.422. The molecule has 0 saturated carbocycles. The number of hydrogen-bond donors (Lipinski definition) is 0. The van der Waals surface area contributed by atoms with Crippen LogP contribution in [-0.2, 0) is 0 Å². The Morgan fingerprint density at radius 1 is 1.29 bits per heavy atom. The van der Waals surface area contributed by atoms with Crippen molar-refractivity contribution in [3.63, 3.8) is 0 Å². The molecule has 0 unspecified atom stereocenters. The third kappa shape index (κ3) is 2.70. The molecule has 0 fully saturated rings. The molecule has 0 saturated heterocycles. The van der Waals surface area contributed by atoms with E-state index in [-0.39, 0.29) is 5.69 Å². The number of tetrazole rings is 1. The van der Waals surface area contributed by atoms with Crippen molar-refractivity contribution < 1.29 is 4.92 Å². The van der Waals surface area contributed by atoms with Gasteiger partial charge in [-0.25, -0.2) is 4.98 Å². The van der Waals surface area contributed by atoms with Crippen molar-refractivity contribution in [1.29, 1.82) is 0 Å². The van der Waals surface area contributed by atoms with E-state index in [1.807, 2.05) is 6.07 Å². The van der Waals surface area contributed by atoms with E-state index >= 15 is 0 Å². The van der Waals surface area contributed by atoms with Crippen LogP contribution in [0.15, 0.2) is 52.2 Å². The van der Waals surface area contributed by atoms with Gasteiger partial charge >= 0.3 is 0 Å². The van der Waals surface area contributed by atoms with Gasteiger partial charge in [-0.1, -0.05) is 0 Å². The van der Waals surface area contributed by atoms with Crippen LogP contribution in [0.5, 0.6) is 0 Å². The topological polar surface area (TPSA) is 113 Å². The molecule has 9 nitrogen and oxygen atoms in total. The zero-order valence-electron chi connectivity index (χ0n) is 11.8. The standard InChI is InChI=1S/C13H7N7O2S2/c21-20(22)8-3-4-10-11(6-8)23-13(15-10)24-12-16-17-18-19(12)9-2-1-5-14-7-9/h1-7H. The molecule has 0 spiro atoms. The number of nitro groups is 1. The van der Waals surface area contributed by atoms with Crippen molar-refractivity contribution in [1.82, 2.24) is 30.2 Å². The van der Waals surface area contributed by atoms with Crippen LogP contribution in [0.4, 0.5) is 5.69 Å². The molecule has 24 heavy (non-hydrogen) atoms. The summed E-state index contributed by atoms with van der Waals surface area (Å²) < 4.78 is 3.00. The molecule has 3 aromatic heterocycles. The third-order valence-corrected chi connectivity index (χ3v) is 5.09. The minimum absolute atomic E-state index is 0.0443. The van der Waals surface area contributed by atoms with E-state index in [1.54, 1.807) is 29.2 Å². The summed E-state index contributed by atoms with van der Waals surface area (Å²) in [7, 11) is 0. The van der Waals surface area contributed by atoms with Gasteiger partial charge in [0, 0.05) is 18.3 Å². The fourth-order valence-electron chi connectivity index (χ4n) is 2.01. The third-order valence-electron chi connectivity index (χ3n) is 3.07. The Hall–Kier alpha value is -2.92. The highest BCUT2D eigenvalue weighted by molar-refractivity contribution is 8.01. The van der Waals surface area contributed by atoms with Gasteiger partial charge in [0.2, 0.25) is 5.16 Å². The van der Waals surface area contributed by atoms with Gasteiger partial charge < -0.3 is 0 Å². The molecule has 0 aliphatic heterocycles. The number of fused-ring (bicyclic) bond motifs is 1. The van der Waals surface area contributed by atoms with Crippen molar-refractivity contribution in [2.75, 3.05) is 0 Å². The Morgan fingerprint density at radius 3 is 3.00 bits per heavy atom. The Balaban J connectivity index is 1.68. The first-order valence-electron chi connectivity index (χ1n) is 6.62. The molecule has 4 aromatic rings. The van der Waals surface area contributed by atoms with Crippen LogP contribution in [-0.4, -0.2) is 35.1 Å². The SMILES string of the molecule is O=[N+]([O-])c1ccc2nc(Sc3nnnn3-c3cccnc3)sc2c1. The predicted octanol–water partition coefficient (Wildman–Crippen LogP) is 2.73. The molecular weight excluding hydrogens is 350 g/mol. The summed E-state index contributed by atoms with van der Waals surface area (Å²) in [5.41, 5.74) is 1.48. The molecule has 11 heteroatoms. The molecule has 0 radical (unpaired) electrons. The molecule has 1 aromatic carbocycles. The molecule has 3 heterocycles. The van der Waals surface area contributed by atoms with E-state index in [2.05, 4.69) is 25.5 Å². The summed E-state index contributed by atoms with van der Waals surface area (Å²) in [6, 6.07) is 8.23. The van der Waals surface area contributed by atoms with Gasteiger partial charge in [-0.2, -0.15) is 4.68 Å². The first-order valence-corrected chi connectivity index (χ1v) is 8.25. The molecule has 0 amide bonds. The first-order chi connectivity index (χ1) is 11.7. The van der Waals surface area contributed by atoms with Crippen molar-refractivity contribution >= 4 is 39.0 Å². The lowest BCUT2D eigenvalue weighted by Gasteiger charge is -2.00. The molecule has 0 N–H and O–H groups in total. The second-order valence-electron chi connectivity index (χ2n) is 4.58. The fraction of sp³-hybridized carbons (Fsp3) is 0. The predicted molar refractivity (Wildman–Crippen MR) is 87.3 cm³/mol. The van der Waals surface area contributed by atoms with E-state index in [1.165, 1.54) is 35.2 Å². The van der Waals surface area contributed by atoms with E-state index in [0.717, 1.165) is 10.4 Å². The number of nitrogens with zero attached hydrogens (tertiary/aromatic N) is 7. The average molecular weight is 357 g/mol. The number of pyridine rings is 1. The zero-order valence-corrected chi connectivity index (χ0v) is 13.4. The van der Waals surface area contributed by atoms with E-state index in [4.69, 9.17) is 0 Å². The highest BCUT2D eigenvalue weighted by atomic mass is 32.2. The van der Waals surface area contributed by atoms with Gasteiger partial charge in [-0.15, -0.1) is 16.4 Å². The van der Waals surface area contributed by atoms with Crippen molar-refractivity contribution in [2.45, 2.75) is 9.50 Å². The highest BCUT2D eigenvalue weighted by Gasteiger charge is 2.15. The summed E-state index contributed by atoms with van der Waals surface area (Å²) in [5.74, 6) is 0. The van der Waals surface area contributed by atoms with Gasteiger partial charge in [0.25, 0.3) is 5.69 Å². The lowest BCUT2D eigenvalue weighted by Crippen LogP contribution is -1.98. The number of aromatic nitrogens is 6. The van der Waals surface area contributed by atoms with Crippen LogP contribution < -0.4 is 0 Å². The molecule has 0 bridgehead atoms. The monoisotopic (exact) mass is 357 g/mol. The lowest BCUT2D eigenvalue weighted by molar-refractivity contribution is -0.384. The van der Waals surface area contributed by atoms with Crippen molar-refractivity contribution in [2.24, 2.45) is 0 Å². The summed E-state index contributed by atoms with van der Waals surface area (Å²) in [4.78, 5) is 18.9. The Kier molecular flexibility index (Phi) is 3.63. The van der Waals surface area contributed by atoms with Gasteiger partial charge in [0.1, 0.15) is 0 Å². The van der Waals surface area contributed by atoms with Crippen LogP contribution in [0, 0.1) is 10.1 Å². The molecular formula is C13H7N7O2S2. The quantitative estimate of drug-likeness (QED) is 0.405. The summed E-state index contributed by atoms with van der Waals surface area (Å²) in [6.07, 6.45) is 3.32. The van der Waals surface area contributed by atoms with Crippen LogP contribution in [0.25, 0.3) is 15.9 Å². The van der Waals surface area contributed by atoms with Gasteiger partial charge in [0.05, 0.1) is 27.0 Å². The van der Waals surface area contributed by atoms with Crippen molar-refractivity contribution in [3.8, 4) is 5.69 Å². The molecule has 0 atom stereocenters. The zero-order chi connectivity index (χ0) is 16.5. The van der Waals surface area contributed by atoms with Gasteiger partial charge in [0.15, 0.2) is 4.34 Å². The maximum atomic E-state index is 10.9. The number of nitro benzene ring substituents is 1. The fourth-order valence-corrected chi connectivity index (χ4v) is 4.01. The van der Waals surface area contributed by atoms with E-state index in [9.17, 15) is 10.1 Å². The first kappa shape index (κ1) is 14.7. The molecule has 0 aliphatic carbocycles. The summed E-state index contributed by atoms with van der Waals surface area (Å²) in [6.45, 7) is 0. The second kappa shape index (κ2) is 5.94. The minimum Gasteiger partial charge on any atom is -0.262 e. The van der Waals surface area contributed by atoms with Crippen LogP contribution in [0.3, 0.4) is 0 Å². The molecule has 0 aliphatic rings. The molecule has 118 valence electrons. The largest absolute Gasteiger partial charge is 0.270 e. The highest BCUT2D eigenvalue weighted by Crippen LogP contribution is 2.35. The molecule has 4 rings (SSSR count). The maximum absolute atomic E-state index is 10.9. The number of non-ortho nitro benzene ring substituents is 1. The Labute approximate surface area is 142 Å². The lowest BCUT2D eigenvalue weighted by atomic mass is 10.3. The summed E-state index contributed by atoms with van der Waals surface area (Å²) in [5, 5.41) is 23.0. The Bertz CT molecular complexity index is 1030. The van der Waals surface area contributed by atoms with Gasteiger partial charge in [-0.3, -0.25) is 15.1 Å². The average Bonchev–Trinajstić information content (AvgIpc) is 3.21. The maximum Gasteiger partial charge on any atom is 0.270 e. The van der Waals surface area contributed by atoms with E-state index in [0.29, 0.717) is 15.0 Å². The Morgan fingerprint density at radius 2 is 2.21 bits per heavy atom. The summed E-state index contributed by atoms with van der Waals surface area (Å²) >= 11 is 2.65. The van der Waals surface area contributed by atoms with E-state index < -0.39 is 4.92 Å². The van der Waals surface area contributed by atoms with Gasteiger partial charge in [-0.05, 0) is 40.4 Å². The van der Waals surface area contributed by atoms with Crippen LogP contribution >= 0.6 is 23.1 Å². The second-order valence-corrected chi connectivity index (χ2v) is 6.82.